The molecule has 0 nitrogen and oxygen atoms in total. The summed E-state index contributed by atoms with van der Waals surface area (Å²) in [5.41, 5.74) is 1.22. The summed E-state index contributed by atoms with van der Waals surface area (Å²) < 4.78 is 0. The number of thiocarbonyl (C=S) groups is 1. The molecule has 0 saturated carbocycles. The van der Waals surface area contributed by atoms with Gasteiger partial charge in [-0.05, 0) is 31.6 Å². The van der Waals surface area contributed by atoms with E-state index in [1.165, 1.54) is 5.57 Å². The molecule has 0 rings (SSSR count). The van der Waals surface area contributed by atoms with Gasteiger partial charge in [0, 0.05) is 0 Å². The highest BCUT2D eigenvalue weighted by Crippen LogP contribution is 2.00. The summed E-state index contributed by atoms with van der Waals surface area (Å²) in [5, 5.41) is 0. The van der Waals surface area contributed by atoms with Crippen molar-refractivity contribution in [2.45, 2.75) is 26.7 Å². The fourth-order valence-corrected chi connectivity index (χ4v) is 0.491. The van der Waals surface area contributed by atoms with Gasteiger partial charge in [-0.15, -0.1) is 6.58 Å². The van der Waals surface area contributed by atoms with Crippen LogP contribution in [0.2, 0.25) is 0 Å². The molecule has 0 aromatic heterocycles. The molecular weight excluding hydrogens is 116 g/mol. The predicted molar refractivity (Wildman–Crippen MR) is 42.3 cm³/mol. The number of rotatable bonds is 3. The van der Waals surface area contributed by atoms with Gasteiger partial charge in [-0.3, -0.25) is 0 Å². The maximum Gasteiger partial charge on any atom is -0.00993 e. The Bertz CT molecular complexity index is 89.0. The van der Waals surface area contributed by atoms with Gasteiger partial charge in [0.2, 0.25) is 0 Å². The molecule has 0 aliphatic carbocycles. The van der Waals surface area contributed by atoms with E-state index in [0.29, 0.717) is 0 Å². The van der Waals surface area contributed by atoms with Gasteiger partial charge >= 0.3 is 0 Å². The summed E-state index contributed by atoms with van der Waals surface area (Å²) in [5.74, 6) is 0. The lowest BCUT2D eigenvalue weighted by Gasteiger charge is -1.94. The van der Waals surface area contributed by atoms with Gasteiger partial charge in [-0.2, -0.15) is 0 Å². The van der Waals surface area contributed by atoms with E-state index in [9.17, 15) is 0 Å². The van der Waals surface area contributed by atoms with Crippen LogP contribution in [-0.4, -0.2) is 4.86 Å². The summed E-state index contributed by atoms with van der Waals surface area (Å²) >= 11 is 4.87. The second kappa shape index (κ2) is 3.79. The Balaban J connectivity index is 3.18. The molecule has 0 bridgehead atoms. The molecular formula is C7H12S. The van der Waals surface area contributed by atoms with Gasteiger partial charge in [0.1, 0.15) is 0 Å². The Morgan fingerprint density at radius 3 is 2.00 bits per heavy atom. The standard InChI is InChI=1S/C7H12S/c1-6(2)4-5-7(3)8/h1,4-5H2,2-3H3. The van der Waals surface area contributed by atoms with Crippen LogP contribution in [0, 0.1) is 0 Å². The van der Waals surface area contributed by atoms with Crippen molar-refractivity contribution < 1.29 is 0 Å². The Hall–Kier alpha value is -0.170. The average Bonchev–Trinajstić information content (AvgIpc) is 1.61. The van der Waals surface area contributed by atoms with Crippen molar-refractivity contribution in [3.05, 3.63) is 12.2 Å². The third-order valence-electron chi connectivity index (χ3n) is 0.904. The summed E-state index contributed by atoms with van der Waals surface area (Å²) in [6.45, 7) is 7.76. The van der Waals surface area contributed by atoms with Gasteiger partial charge in [0.05, 0.1) is 0 Å². The minimum absolute atomic E-state index is 1.02. The smallest absolute Gasteiger partial charge is 0.00993 e. The van der Waals surface area contributed by atoms with Gasteiger partial charge in [0.15, 0.2) is 0 Å². The van der Waals surface area contributed by atoms with E-state index in [4.69, 9.17) is 12.2 Å². The van der Waals surface area contributed by atoms with Gasteiger partial charge in [-0.1, -0.05) is 17.8 Å². The van der Waals surface area contributed by atoms with Crippen molar-refractivity contribution in [1.29, 1.82) is 0 Å². The zero-order chi connectivity index (χ0) is 6.57. The fourth-order valence-electron chi connectivity index (χ4n) is 0.389. The molecule has 0 aliphatic heterocycles. The van der Waals surface area contributed by atoms with Crippen LogP contribution in [0.25, 0.3) is 0 Å². The first-order valence-electron chi connectivity index (χ1n) is 2.76. The van der Waals surface area contributed by atoms with Gasteiger partial charge < -0.3 is 0 Å². The summed E-state index contributed by atoms with van der Waals surface area (Å²) in [7, 11) is 0. The normalized spacial score (nSPS) is 8.75. The molecule has 0 saturated heterocycles. The first-order valence-corrected chi connectivity index (χ1v) is 3.17. The van der Waals surface area contributed by atoms with E-state index in [1.807, 2.05) is 13.8 Å². The Kier molecular flexibility index (Phi) is 3.71. The van der Waals surface area contributed by atoms with Crippen LogP contribution in [0.15, 0.2) is 12.2 Å². The first-order chi connectivity index (χ1) is 3.63. The molecule has 0 aromatic carbocycles. The molecule has 0 radical (unpaired) electrons. The third-order valence-corrected chi connectivity index (χ3v) is 1.11. The SMILES string of the molecule is C=C(C)CCC(C)=S. The maximum absolute atomic E-state index is 4.87. The fraction of sp³-hybridized carbons (Fsp3) is 0.571. The second-order valence-corrected chi connectivity index (χ2v) is 2.86. The largest absolute Gasteiger partial charge is 0.100 e. The number of allylic oxidation sites excluding steroid dienone is 1. The van der Waals surface area contributed by atoms with E-state index in [2.05, 4.69) is 6.58 Å². The van der Waals surface area contributed by atoms with Crippen molar-refractivity contribution in [3.63, 3.8) is 0 Å². The van der Waals surface area contributed by atoms with E-state index < -0.39 is 0 Å². The maximum atomic E-state index is 4.87. The van der Waals surface area contributed by atoms with Crippen LogP contribution in [-0.2, 0) is 0 Å². The minimum Gasteiger partial charge on any atom is -0.100 e. The molecule has 0 aliphatic rings. The Morgan fingerprint density at radius 2 is 1.88 bits per heavy atom. The average molecular weight is 128 g/mol. The lowest BCUT2D eigenvalue weighted by molar-refractivity contribution is 1.03. The lowest BCUT2D eigenvalue weighted by Crippen LogP contribution is -1.85. The van der Waals surface area contributed by atoms with Crippen molar-refractivity contribution in [3.8, 4) is 0 Å². The zero-order valence-electron chi connectivity index (χ0n) is 5.53. The second-order valence-electron chi connectivity index (χ2n) is 2.16. The highest BCUT2D eigenvalue weighted by Gasteiger charge is 1.87. The highest BCUT2D eigenvalue weighted by molar-refractivity contribution is 7.80. The van der Waals surface area contributed by atoms with Crippen LogP contribution in [0.3, 0.4) is 0 Å². The van der Waals surface area contributed by atoms with E-state index >= 15 is 0 Å². The van der Waals surface area contributed by atoms with Crippen LogP contribution in [0.1, 0.15) is 26.7 Å². The highest BCUT2D eigenvalue weighted by atomic mass is 32.1. The van der Waals surface area contributed by atoms with E-state index in [-0.39, 0.29) is 0 Å². The van der Waals surface area contributed by atoms with Crippen molar-refractivity contribution in [2.24, 2.45) is 0 Å². The van der Waals surface area contributed by atoms with E-state index in [0.717, 1.165) is 17.7 Å². The molecule has 0 amide bonds. The molecule has 0 N–H and O–H groups in total. The van der Waals surface area contributed by atoms with Gasteiger partial charge in [-0.25, -0.2) is 0 Å². The topological polar surface area (TPSA) is 0 Å². The first kappa shape index (κ1) is 7.83. The summed E-state index contributed by atoms with van der Waals surface area (Å²) in [6, 6.07) is 0. The molecule has 0 fully saturated rings. The van der Waals surface area contributed by atoms with Crippen LogP contribution in [0.4, 0.5) is 0 Å². The number of hydrogen-bond donors (Lipinski definition) is 0. The quantitative estimate of drug-likeness (QED) is 0.416. The summed E-state index contributed by atoms with van der Waals surface area (Å²) in [6.07, 6.45) is 2.07. The van der Waals surface area contributed by atoms with E-state index in [1.54, 1.807) is 0 Å². The molecule has 46 valence electrons. The molecule has 8 heavy (non-hydrogen) atoms. The van der Waals surface area contributed by atoms with Crippen molar-refractivity contribution in [1.82, 2.24) is 0 Å². The summed E-state index contributed by atoms with van der Waals surface area (Å²) in [4.78, 5) is 1.08. The molecule has 0 atom stereocenters. The zero-order valence-corrected chi connectivity index (χ0v) is 6.35. The van der Waals surface area contributed by atoms with Crippen LogP contribution >= 0.6 is 12.2 Å². The molecule has 0 heterocycles. The van der Waals surface area contributed by atoms with Crippen LogP contribution in [0.5, 0.6) is 0 Å². The molecule has 0 aromatic rings. The van der Waals surface area contributed by atoms with Crippen LogP contribution < -0.4 is 0 Å². The minimum atomic E-state index is 1.02. The van der Waals surface area contributed by atoms with Gasteiger partial charge in [0.25, 0.3) is 0 Å². The predicted octanol–water partition coefficient (Wildman–Crippen LogP) is 2.73. The Morgan fingerprint density at radius 1 is 1.38 bits per heavy atom. The lowest BCUT2D eigenvalue weighted by atomic mass is 10.2. The molecule has 0 unspecified atom stereocenters. The monoisotopic (exact) mass is 128 g/mol. The Labute approximate surface area is 56.6 Å². The molecule has 1 heteroatoms. The number of hydrogen-bond acceptors (Lipinski definition) is 1. The molecule has 0 spiro atoms. The third kappa shape index (κ3) is 5.83. The van der Waals surface area contributed by atoms with Crippen molar-refractivity contribution in [2.75, 3.05) is 0 Å². The van der Waals surface area contributed by atoms with Crippen molar-refractivity contribution >= 4 is 17.1 Å².